The average molecular weight is 291 g/mol. The van der Waals surface area contributed by atoms with E-state index in [0.29, 0.717) is 17.5 Å². The van der Waals surface area contributed by atoms with Gasteiger partial charge in [0.2, 0.25) is 0 Å². The molecule has 0 aromatic heterocycles. The quantitative estimate of drug-likeness (QED) is 0.839. The van der Waals surface area contributed by atoms with Gasteiger partial charge in [-0.2, -0.15) is 5.26 Å². The van der Waals surface area contributed by atoms with Crippen molar-refractivity contribution in [3.8, 4) is 6.07 Å². The SMILES string of the molecule is CC(C)NC(C)(C#N)CC(C)N1CCC2(CCCC2)CC1. The largest absolute Gasteiger partial charge is 0.301 e. The Morgan fingerprint density at radius 1 is 1.14 bits per heavy atom. The lowest BCUT2D eigenvalue weighted by Gasteiger charge is -2.43. The van der Waals surface area contributed by atoms with Gasteiger partial charge in [-0.05, 0) is 78.3 Å². The minimum absolute atomic E-state index is 0.352. The van der Waals surface area contributed by atoms with Crippen LogP contribution in [0.2, 0.25) is 0 Å². The number of hydrogen-bond acceptors (Lipinski definition) is 3. The fourth-order valence-corrected chi connectivity index (χ4v) is 4.56. The van der Waals surface area contributed by atoms with E-state index in [1.54, 1.807) is 0 Å². The van der Waals surface area contributed by atoms with Crippen molar-refractivity contribution in [3.63, 3.8) is 0 Å². The molecule has 0 aromatic carbocycles. The molecule has 0 radical (unpaired) electrons. The molecule has 0 bridgehead atoms. The summed E-state index contributed by atoms with van der Waals surface area (Å²) in [7, 11) is 0. The maximum absolute atomic E-state index is 9.52. The third-order valence-corrected chi connectivity index (χ3v) is 5.70. The van der Waals surface area contributed by atoms with Crippen LogP contribution in [0.15, 0.2) is 0 Å². The smallest absolute Gasteiger partial charge is 0.105 e. The van der Waals surface area contributed by atoms with Crippen molar-refractivity contribution < 1.29 is 0 Å². The second-order valence-electron chi connectivity index (χ2n) is 8.04. The molecule has 2 unspecified atom stereocenters. The summed E-state index contributed by atoms with van der Waals surface area (Å²) < 4.78 is 0. The molecular weight excluding hydrogens is 258 g/mol. The van der Waals surface area contributed by atoms with Crippen LogP contribution < -0.4 is 5.32 Å². The van der Waals surface area contributed by atoms with Gasteiger partial charge >= 0.3 is 0 Å². The maximum Gasteiger partial charge on any atom is 0.105 e. The van der Waals surface area contributed by atoms with E-state index in [0.717, 1.165) is 6.42 Å². The fourth-order valence-electron chi connectivity index (χ4n) is 4.56. The fraction of sp³-hybridized carbons (Fsp3) is 0.944. The lowest BCUT2D eigenvalue weighted by molar-refractivity contribution is 0.0712. The van der Waals surface area contributed by atoms with Gasteiger partial charge < -0.3 is 4.90 Å². The van der Waals surface area contributed by atoms with Crippen molar-refractivity contribution in [1.29, 1.82) is 5.26 Å². The van der Waals surface area contributed by atoms with E-state index in [4.69, 9.17) is 0 Å². The zero-order valence-electron chi connectivity index (χ0n) is 14.4. The van der Waals surface area contributed by atoms with Gasteiger partial charge in [-0.1, -0.05) is 12.8 Å². The summed E-state index contributed by atoms with van der Waals surface area (Å²) in [4.78, 5) is 2.61. The van der Waals surface area contributed by atoms with E-state index < -0.39 is 5.54 Å². The Kier molecular flexibility index (Phi) is 5.33. The van der Waals surface area contributed by atoms with Crippen LogP contribution in [0.1, 0.15) is 72.6 Å². The van der Waals surface area contributed by atoms with E-state index in [2.05, 4.69) is 37.1 Å². The Hall–Kier alpha value is -0.590. The van der Waals surface area contributed by atoms with E-state index in [1.165, 1.54) is 51.6 Å². The monoisotopic (exact) mass is 291 g/mol. The highest BCUT2D eigenvalue weighted by Crippen LogP contribution is 2.46. The molecule has 0 amide bonds. The van der Waals surface area contributed by atoms with Crippen LogP contribution in [0.5, 0.6) is 0 Å². The number of rotatable bonds is 5. The van der Waals surface area contributed by atoms with E-state index in [1.807, 2.05) is 6.92 Å². The predicted molar refractivity (Wildman–Crippen MR) is 88.1 cm³/mol. The summed E-state index contributed by atoms with van der Waals surface area (Å²) in [6, 6.07) is 3.33. The summed E-state index contributed by atoms with van der Waals surface area (Å²) >= 11 is 0. The minimum atomic E-state index is -0.407. The highest BCUT2D eigenvalue weighted by molar-refractivity contribution is 5.06. The summed E-state index contributed by atoms with van der Waals surface area (Å²) in [5, 5.41) is 13.0. The number of nitriles is 1. The van der Waals surface area contributed by atoms with Gasteiger partial charge in [0.05, 0.1) is 6.07 Å². The predicted octanol–water partition coefficient (Wildman–Crippen LogP) is 3.70. The molecule has 21 heavy (non-hydrogen) atoms. The maximum atomic E-state index is 9.52. The molecule has 1 spiro atoms. The molecule has 1 N–H and O–H groups in total. The summed E-state index contributed by atoms with van der Waals surface area (Å²) in [6.07, 6.45) is 9.46. The van der Waals surface area contributed by atoms with Gasteiger partial charge in [-0.3, -0.25) is 5.32 Å². The van der Waals surface area contributed by atoms with Gasteiger partial charge in [-0.15, -0.1) is 0 Å². The van der Waals surface area contributed by atoms with Crippen LogP contribution in [-0.2, 0) is 0 Å². The van der Waals surface area contributed by atoms with Crippen LogP contribution in [0.3, 0.4) is 0 Å². The summed E-state index contributed by atoms with van der Waals surface area (Å²) in [6.45, 7) is 11.0. The second kappa shape index (κ2) is 6.67. The molecule has 1 heterocycles. The van der Waals surface area contributed by atoms with E-state index >= 15 is 0 Å². The van der Waals surface area contributed by atoms with E-state index in [9.17, 15) is 5.26 Å². The standard InChI is InChI=1S/C18H33N3/c1-15(2)20-17(4,14-19)13-16(3)21-11-9-18(10-12-21)7-5-6-8-18/h15-16,20H,5-13H2,1-4H3. The molecule has 0 aromatic rings. The van der Waals surface area contributed by atoms with Crippen molar-refractivity contribution in [1.82, 2.24) is 10.2 Å². The molecule has 120 valence electrons. The van der Waals surface area contributed by atoms with Crippen LogP contribution in [0.25, 0.3) is 0 Å². The molecule has 2 atom stereocenters. The first-order valence-electron chi connectivity index (χ1n) is 8.81. The van der Waals surface area contributed by atoms with Gasteiger partial charge in [0.15, 0.2) is 0 Å². The minimum Gasteiger partial charge on any atom is -0.301 e. The molecule has 3 nitrogen and oxygen atoms in total. The Labute approximate surface area is 131 Å². The highest BCUT2D eigenvalue weighted by atomic mass is 15.2. The van der Waals surface area contributed by atoms with Crippen molar-refractivity contribution in [2.75, 3.05) is 13.1 Å². The first kappa shape index (κ1) is 16.8. The van der Waals surface area contributed by atoms with Gasteiger partial charge in [0.1, 0.15) is 5.54 Å². The third-order valence-electron chi connectivity index (χ3n) is 5.70. The van der Waals surface area contributed by atoms with Crippen molar-refractivity contribution in [2.24, 2.45) is 5.41 Å². The van der Waals surface area contributed by atoms with Crippen molar-refractivity contribution in [3.05, 3.63) is 0 Å². The van der Waals surface area contributed by atoms with Crippen LogP contribution >= 0.6 is 0 Å². The van der Waals surface area contributed by atoms with Crippen molar-refractivity contribution >= 4 is 0 Å². The molecular formula is C18H33N3. The number of nitrogens with one attached hydrogen (secondary N) is 1. The molecule has 2 aliphatic rings. The normalized spacial score (nSPS) is 26.7. The van der Waals surface area contributed by atoms with Crippen LogP contribution in [0, 0.1) is 16.7 Å². The zero-order chi connectivity index (χ0) is 15.5. The first-order chi connectivity index (χ1) is 9.88. The average Bonchev–Trinajstić information content (AvgIpc) is 2.87. The number of likely N-dealkylation sites (tertiary alicyclic amines) is 1. The Morgan fingerprint density at radius 3 is 2.19 bits per heavy atom. The first-order valence-corrected chi connectivity index (χ1v) is 8.81. The molecule has 3 heteroatoms. The molecule has 2 rings (SSSR count). The third kappa shape index (κ3) is 4.20. The van der Waals surface area contributed by atoms with Crippen LogP contribution in [0.4, 0.5) is 0 Å². The molecule has 2 fully saturated rings. The number of nitrogens with zero attached hydrogens (tertiary/aromatic N) is 2. The van der Waals surface area contributed by atoms with Gasteiger partial charge in [0, 0.05) is 12.1 Å². The summed E-state index contributed by atoms with van der Waals surface area (Å²) in [5.74, 6) is 0. The Bertz CT molecular complexity index is 368. The second-order valence-corrected chi connectivity index (χ2v) is 8.04. The molecule has 1 saturated carbocycles. The van der Waals surface area contributed by atoms with Gasteiger partial charge in [0.25, 0.3) is 0 Å². The van der Waals surface area contributed by atoms with E-state index in [-0.39, 0.29) is 0 Å². The van der Waals surface area contributed by atoms with Crippen molar-refractivity contribution in [2.45, 2.75) is 90.3 Å². The topological polar surface area (TPSA) is 39.1 Å². The molecule has 1 aliphatic carbocycles. The molecule has 1 aliphatic heterocycles. The Balaban J connectivity index is 1.86. The van der Waals surface area contributed by atoms with Crippen LogP contribution in [-0.4, -0.2) is 35.6 Å². The lowest BCUT2D eigenvalue weighted by atomic mass is 9.76. The lowest BCUT2D eigenvalue weighted by Crippen LogP contribution is -2.51. The number of hydrogen-bond donors (Lipinski definition) is 1. The number of piperidine rings is 1. The van der Waals surface area contributed by atoms with Gasteiger partial charge in [-0.25, -0.2) is 0 Å². The zero-order valence-corrected chi connectivity index (χ0v) is 14.4. The summed E-state index contributed by atoms with van der Waals surface area (Å²) in [5.41, 5.74) is 0.279. The molecule has 1 saturated heterocycles. The Morgan fingerprint density at radius 2 is 1.71 bits per heavy atom. The highest BCUT2D eigenvalue weighted by Gasteiger charge is 2.38.